The molecule has 0 aromatic heterocycles. The maximum absolute atomic E-state index is 15.1. The summed E-state index contributed by atoms with van der Waals surface area (Å²) in [4.78, 5) is 42.0. The molecule has 0 spiro atoms. The summed E-state index contributed by atoms with van der Waals surface area (Å²) in [6.45, 7) is 9.21. The van der Waals surface area contributed by atoms with Gasteiger partial charge in [0.05, 0.1) is 57.1 Å². The first-order valence-corrected chi connectivity index (χ1v) is 25.1. The molecule has 18 heteroatoms. The third-order valence-electron chi connectivity index (χ3n) is 19.5. The maximum Gasteiger partial charge on any atom is 0.328 e. The molecule has 6 fully saturated rings. The van der Waals surface area contributed by atoms with Crippen LogP contribution in [0.25, 0.3) is 0 Å². The van der Waals surface area contributed by atoms with Gasteiger partial charge in [0.1, 0.15) is 48.8 Å². The molecule has 0 bridgehead atoms. The number of nitrogens with one attached hydrogen (secondary N) is 1. The van der Waals surface area contributed by atoms with E-state index in [0.717, 1.165) is 17.6 Å². The quantitative estimate of drug-likeness (QED) is 0.0814. The Bertz CT molecular complexity index is 2110. The molecule has 1 amide bonds. The van der Waals surface area contributed by atoms with E-state index in [4.69, 9.17) is 28.4 Å². The fourth-order valence-electron chi connectivity index (χ4n) is 15.3. The predicted molar refractivity (Wildman–Crippen MR) is 248 cm³/mol. The topological polar surface area (TPSA) is 280 Å². The molecule has 1 aromatic rings. The molecular formula is C52H77NO17. The van der Waals surface area contributed by atoms with E-state index >= 15 is 4.79 Å². The molecule has 2 saturated heterocycles. The number of esters is 2. The Hall–Kier alpha value is -3.11. The zero-order valence-corrected chi connectivity index (χ0v) is 41.6. The van der Waals surface area contributed by atoms with Gasteiger partial charge in [-0.25, -0.2) is 4.79 Å². The van der Waals surface area contributed by atoms with E-state index < -0.39 is 113 Å². The number of fused-ring (bicyclic) bond motifs is 7. The maximum atomic E-state index is 15.1. The standard InChI is InChI=1S/C52H77NO17/c1-47(46(64)66-7)17-19-52(45(63)53-30(42(62)65-6)21-27-11-9-8-10-12-27)20-18-50(4)28(29(52)22-47)13-14-35-48(2)23-31(56)41(49(3,26-55)34(48)15-16-51(35,50)5)70-43-39(60)37(58)33(25-67-43)69-44-40(61)38(59)36(57)32(24-54)68-44/h8-13,29-41,43-44,54-61H,14-26H2,1-7H3,(H,53,63)/t29-,30+,31-,32+,33+,34+,35+,36+,37-,38-,39+,40+,41-,43-,44-,47-,48-,49-,50+,51+,52-/m0/s1. The third kappa shape index (κ3) is 8.47. The number of allylic oxidation sites excluding steroid dienone is 2. The summed E-state index contributed by atoms with van der Waals surface area (Å²) >= 11 is 0. The van der Waals surface area contributed by atoms with Crippen LogP contribution in [0.4, 0.5) is 0 Å². The number of carbonyl (C=O) groups excluding carboxylic acids is 3. The number of hydrogen-bond acceptors (Lipinski definition) is 17. The lowest BCUT2D eigenvalue weighted by molar-refractivity contribution is -0.357. The first-order valence-electron chi connectivity index (χ1n) is 25.1. The number of methoxy groups -OCH3 is 2. The summed E-state index contributed by atoms with van der Waals surface area (Å²) in [5.41, 5.74) is -2.17. The van der Waals surface area contributed by atoms with E-state index in [1.807, 2.05) is 44.2 Å². The Kier molecular flexibility index (Phi) is 14.9. The van der Waals surface area contributed by atoms with Crippen LogP contribution in [-0.4, -0.2) is 166 Å². The molecule has 5 aliphatic carbocycles. The van der Waals surface area contributed by atoms with Crippen LogP contribution in [0, 0.1) is 50.2 Å². The number of carbonyl (C=O) groups is 3. The van der Waals surface area contributed by atoms with Crippen molar-refractivity contribution in [2.45, 2.75) is 172 Å². The van der Waals surface area contributed by atoms with Crippen molar-refractivity contribution in [1.82, 2.24) is 5.32 Å². The lowest BCUT2D eigenvalue weighted by Crippen LogP contribution is -2.69. The summed E-state index contributed by atoms with van der Waals surface area (Å²) in [5.74, 6) is -1.62. The van der Waals surface area contributed by atoms with E-state index in [0.29, 0.717) is 44.9 Å². The number of amides is 1. The van der Waals surface area contributed by atoms with E-state index in [1.165, 1.54) is 14.2 Å². The number of benzene rings is 1. The van der Waals surface area contributed by atoms with Crippen molar-refractivity contribution in [3.05, 3.63) is 47.5 Å². The Balaban J connectivity index is 1.04. The Labute approximate surface area is 410 Å². The van der Waals surface area contributed by atoms with Crippen molar-refractivity contribution in [1.29, 1.82) is 0 Å². The molecule has 70 heavy (non-hydrogen) atoms. The highest BCUT2D eigenvalue weighted by Gasteiger charge is 2.71. The summed E-state index contributed by atoms with van der Waals surface area (Å²) in [7, 11) is 2.71. The fraction of sp³-hybridized carbons (Fsp3) is 0.788. The Morgan fingerprint density at radius 2 is 1.47 bits per heavy atom. The zero-order valence-electron chi connectivity index (χ0n) is 41.6. The van der Waals surface area contributed by atoms with Crippen molar-refractivity contribution in [2.24, 2.45) is 50.2 Å². The van der Waals surface area contributed by atoms with Crippen molar-refractivity contribution < 1.29 is 83.7 Å². The summed E-state index contributed by atoms with van der Waals surface area (Å²) in [6.07, 6.45) is -8.96. The molecule has 7 aliphatic rings. The van der Waals surface area contributed by atoms with Crippen LogP contribution in [0.15, 0.2) is 42.0 Å². The van der Waals surface area contributed by atoms with Gasteiger partial charge in [-0.1, -0.05) is 69.7 Å². The molecule has 9 N–H and O–H groups in total. The molecule has 21 atom stereocenters. The minimum absolute atomic E-state index is 0.000807. The van der Waals surface area contributed by atoms with Crippen LogP contribution >= 0.6 is 0 Å². The highest BCUT2D eigenvalue weighted by molar-refractivity contribution is 5.89. The molecule has 1 aromatic carbocycles. The summed E-state index contributed by atoms with van der Waals surface area (Å²) in [6, 6.07) is 8.55. The molecular weight excluding hydrogens is 911 g/mol. The average molecular weight is 988 g/mol. The van der Waals surface area contributed by atoms with Gasteiger partial charge in [0.15, 0.2) is 12.6 Å². The number of ether oxygens (including phenoxy) is 6. The lowest BCUT2D eigenvalue weighted by atomic mass is 9.33. The monoisotopic (exact) mass is 988 g/mol. The van der Waals surface area contributed by atoms with Crippen LogP contribution in [0.1, 0.15) is 98.0 Å². The Morgan fingerprint density at radius 1 is 0.786 bits per heavy atom. The van der Waals surface area contributed by atoms with Gasteiger partial charge in [0.2, 0.25) is 5.91 Å². The van der Waals surface area contributed by atoms with Crippen LogP contribution in [0.3, 0.4) is 0 Å². The van der Waals surface area contributed by atoms with E-state index in [1.54, 1.807) is 0 Å². The molecule has 0 radical (unpaired) electrons. The lowest BCUT2D eigenvalue weighted by Gasteiger charge is -2.72. The Morgan fingerprint density at radius 3 is 2.13 bits per heavy atom. The smallest absolute Gasteiger partial charge is 0.328 e. The molecule has 8 rings (SSSR count). The van der Waals surface area contributed by atoms with Crippen LogP contribution in [0.5, 0.6) is 0 Å². The molecule has 18 nitrogen and oxygen atoms in total. The second-order valence-electron chi connectivity index (χ2n) is 23.0. The fourth-order valence-corrected chi connectivity index (χ4v) is 15.3. The van der Waals surface area contributed by atoms with Crippen LogP contribution in [0.2, 0.25) is 0 Å². The average Bonchev–Trinajstić information content (AvgIpc) is 3.34. The number of aliphatic hydroxyl groups is 8. The number of aliphatic hydroxyl groups excluding tert-OH is 8. The minimum Gasteiger partial charge on any atom is -0.469 e. The van der Waals surface area contributed by atoms with Crippen molar-refractivity contribution in [2.75, 3.05) is 34.0 Å². The van der Waals surface area contributed by atoms with Crippen molar-refractivity contribution >= 4 is 17.8 Å². The normalized spacial score (nSPS) is 47.2. The van der Waals surface area contributed by atoms with Gasteiger partial charge in [-0.05, 0) is 104 Å². The predicted octanol–water partition coefficient (Wildman–Crippen LogP) is 1.43. The minimum atomic E-state index is -1.75. The van der Waals surface area contributed by atoms with Gasteiger partial charge in [0, 0.05) is 11.8 Å². The van der Waals surface area contributed by atoms with E-state index in [-0.39, 0.29) is 61.1 Å². The van der Waals surface area contributed by atoms with Crippen molar-refractivity contribution in [3.8, 4) is 0 Å². The first-order chi connectivity index (χ1) is 33.0. The van der Waals surface area contributed by atoms with Gasteiger partial charge in [0.25, 0.3) is 0 Å². The van der Waals surface area contributed by atoms with Gasteiger partial charge in [-0.15, -0.1) is 0 Å². The first kappa shape index (κ1) is 53.2. The highest BCUT2D eigenvalue weighted by atomic mass is 16.7. The summed E-state index contributed by atoms with van der Waals surface area (Å²) in [5, 5.41) is 90.0. The van der Waals surface area contributed by atoms with Gasteiger partial charge < -0.3 is 74.6 Å². The van der Waals surface area contributed by atoms with Gasteiger partial charge in [-0.3, -0.25) is 9.59 Å². The second kappa shape index (κ2) is 19.6. The van der Waals surface area contributed by atoms with Crippen molar-refractivity contribution in [3.63, 3.8) is 0 Å². The molecule has 0 unspecified atom stereocenters. The SMILES string of the molecule is COC(=O)[C@@H](Cc1ccccc1)NC(=O)[C@]12CC[C@](C)(C(=O)OC)C[C@H]1C1=CC[C@@H]3[C@@]4(C)C[C@H](O)[C@H](O[C@@H]5OC[C@@H](O[C@@H]6O[C@H](CO)[C@@H](O)[C@H](O)[C@H]6O)[C@H](O)[C@H]5O)[C@@](C)(CO)[C@@H]4CC[C@@]3(C)[C@]1(C)CC2. The van der Waals surface area contributed by atoms with Crippen LogP contribution < -0.4 is 5.32 Å². The largest absolute Gasteiger partial charge is 0.469 e. The number of hydrogen-bond donors (Lipinski definition) is 9. The highest BCUT2D eigenvalue weighted by Crippen LogP contribution is 2.76. The van der Waals surface area contributed by atoms with E-state index in [9.17, 15) is 50.4 Å². The molecule has 2 heterocycles. The third-order valence-corrected chi connectivity index (χ3v) is 19.5. The van der Waals surface area contributed by atoms with E-state index in [2.05, 4.69) is 32.2 Å². The number of rotatable bonds is 12. The van der Waals surface area contributed by atoms with Gasteiger partial charge >= 0.3 is 11.9 Å². The van der Waals surface area contributed by atoms with Crippen LogP contribution in [-0.2, 0) is 49.2 Å². The zero-order chi connectivity index (χ0) is 50.9. The molecule has 392 valence electrons. The molecule has 2 aliphatic heterocycles. The summed E-state index contributed by atoms with van der Waals surface area (Å²) < 4.78 is 34.1. The second-order valence-corrected chi connectivity index (χ2v) is 23.0. The van der Waals surface area contributed by atoms with Gasteiger partial charge in [-0.2, -0.15) is 0 Å². The molecule has 4 saturated carbocycles.